The molecule has 0 saturated heterocycles. The minimum atomic E-state index is -0.483. The topological polar surface area (TPSA) is 141 Å². The van der Waals surface area contributed by atoms with E-state index in [0.717, 1.165) is 21.8 Å². The standard InChI is InChI=1S/C25H26BrClN9O3/c1-34-15-32-25(35(38)39)22(34)12-36(2,3)7-6-16(13-37)10-28-23-9-18-21(11-29-23)30-14-31-24(18)33-17-4-5-20(27)19(26)8-17/h4-6,8-9,11,13-15H,7,10,12H2,1-3H3,(H,28,29)(H,30,31,33)/q+1/b16-6+. The molecule has 39 heavy (non-hydrogen) atoms. The summed E-state index contributed by atoms with van der Waals surface area (Å²) >= 11 is 9.52. The highest BCUT2D eigenvalue weighted by atomic mass is 79.9. The van der Waals surface area contributed by atoms with Crippen molar-refractivity contribution in [3.05, 3.63) is 80.1 Å². The number of fused-ring (bicyclic) bond motifs is 1. The molecule has 0 fully saturated rings. The third-order valence-electron chi connectivity index (χ3n) is 5.96. The van der Waals surface area contributed by atoms with E-state index >= 15 is 0 Å². The first kappa shape index (κ1) is 28.1. The number of hydrogen-bond donors (Lipinski definition) is 2. The predicted octanol–water partition coefficient (Wildman–Crippen LogP) is 4.64. The minimum Gasteiger partial charge on any atom is -0.366 e. The van der Waals surface area contributed by atoms with Gasteiger partial charge in [0.1, 0.15) is 30.8 Å². The molecule has 4 aromatic rings. The average Bonchev–Trinajstić information content (AvgIpc) is 3.26. The molecule has 0 unspecified atom stereocenters. The summed E-state index contributed by atoms with van der Waals surface area (Å²) in [5, 5.41) is 19.1. The summed E-state index contributed by atoms with van der Waals surface area (Å²) in [6.07, 6.45) is 7.12. The number of carbonyl (C=O) groups is 1. The third kappa shape index (κ3) is 6.93. The summed E-state index contributed by atoms with van der Waals surface area (Å²) in [7, 11) is 5.59. The molecule has 202 valence electrons. The number of anilines is 3. The fourth-order valence-electron chi connectivity index (χ4n) is 3.83. The van der Waals surface area contributed by atoms with Crippen LogP contribution in [0.4, 0.5) is 23.1 Å². The van der Waals surface area contributed by atoms with Crippen molar-refractivity contribution in [2.24, 2.45) is 7.05 Å². The molecular weight excluding hydrogens is 590 g/mol. The zero-order valence-electron chi connectivity index (χ0n) is 21.4. The first-order chi connectivity index (χ1) is 18.6. The van der Waals surface area contributed by atoms with E-state index in [1.165, 1.54) is 12.7 Å². The summed E-state index contributed by atoms with van der Waals surface area (Å²) in [4.78, 5) is 39.6. The Morgan fingerprint density at radius 1 is 1.23 bits per heavy atom. The first-order valence-electron chi connectivity index (χ1n) is 11.7. The van der Waals surface area contributed by atoms with Crippen molar-refractivity contribution < 1.29 is 14.2 Å². The molecule has 0 aliphatic carbocycles. The van der Waals surface area contributed by atoms with Crippen LogP contribution in [0.5, 0.6) is 0 Å². The normalized spacial score (nSPS) is 12.0. The van der Waals surface area contributed by atoms with E-state index < -0.39 is 4.92 Å². The number of aldehydes is 1. The number of hydrogen-bond acceptors (Lipinski definition) is 9. The van der Waals surface area contributed by atoms with Crippen LogP contribution in [0, 0.1) is 10.1 Å². The van der Waals surface area contributed by atoms with Crippen LogP contribution in [0.2, 0.25) is 5.02 Å². The maximum Gasteiger partial charge on any atom is 0.390 e. The van der Waals surface area contributed by atoms with Gasteiger partial charge < -0.3 is 29.8 Å². The number of halogens is 2. The zero-order chi connectivity index (χ0) is 28.2. The zero-order valence-corrected chi connectivity index (χ0v) is 23.8. The average molecular weight is 616 g/mol. The number of benzene rings is 1. The van der Waals surface area contributed by atoms with Crippen LogP contribution in [0.15, 0.2) is 59.2 Å². The maximum atomic E-state index is 11.8. The van der Waals surface area contributed by atoms with Gasteiger partial charge in [-0.05, 0) is 56.2 Å². The molecule has 0 spiro atoms. The Hall–Kier alpha value is -3.94. The van der Waals surface area contributed by atoms with Crippen molar-refractivity contribution >= 4 is 67.9 Å². The van der Waals surface area contributed by atoms with Crippen molar-refractivity contribution in [2.75, 3.05) is 37.8 Å². The second-order valence-corrected chi connectivity index (χ2v) is 10.7. The molecule has 0 atom stereocenters. The van der Waals surface area contributed by atoms with Crippen molar-refractivity contribution in [1.29, 1.82) is 0 Å². The van der Waals surface area contributed by atoms with Crippen molar-refractivity contribution in [2.45, 2.75) is 6.54 Å². The molecule has 0 bridgehead atoms. The summed E-state index contributed by atoms with van der Waals surface area (Å²) in [6.45, 7) is 1.09. The van der Waals surface area contributed by atoms with Gasteiger partial charge in [0, 0.05) is 34.7 Å². The van der Waals surface area contributed by atoms with Gasteiger partial charge in [0.2, 0.25) is 6.33 Å². The molecule has 0 saturated carbocycles. The van der Waals surface area contributed by atoms with E-state index in [2.05, 4.69) is 46.5 Å². The van der Waals surface area contributed by atoms with Crippen LogP contribution in [-0.2, 0) is 18.4 Å². The molecule has 0 aliphatic heterocycles. The molecule has 0 radical (unpaired) electrons. The number of rotatable bonds is 11. The van der Waals surface area contributed by atoms with Crippen LogP contribution in [0.1, 0.15) is 5.69 Å². The Kier molecular flexibility index (Phi) is 8.53. The van der Waals surface area contributed by atoms with Gasteiger partial charge in [0.15, 0.2) is 5.69 Å². The lowest BCUT2D eigenvalue weighted by Gasteiger charge is -2.28. The molecule has 12 nitrogen and oxygen atoms in total. The fraction of sp³-hybridized carbons (Fsp3) is 0.240. The monoisotopic (exact) mass is 614 g/mol. The van der Waals surface area contributed by atoms with Crippen molar-refractivity contribution in [3.63, 3.8) is 0 Å². The van der Waals surface area contributed by atoms with Crippen LogP contribution in [-0.4, -0.2) is 67.4 Å². The van der Waals surface area contributed by atoms with Crippen LogP contribution in [0.3, 0.4) is 0 Å². The second-order valence-electron chi connectivity index (χ2n) is 9.47. The number of likely N-dealkylation sites (N-methyl/N-ethyl adjacent to an activating group) is 1. The van der Waals surface area contributed by atoms with Gasteiger partial charge in [-0.25, -0.2) is 15.0 Å². The van der Waals surface area contributed by atoms with E-state index in [1.807, 2.05) is 38.4 Å². The number of aryl methyl sites for hydroxylation is 1. The van der Waals surface area contributed by atoms with Gasteiger partial charge in [-0.15, -0.1) is 0 Å². The van der Waals surface area contributed by atoms with E-state index in [1.54, 1.807) is 23.9 Å². The summed E-state index contributed by atoms with van der Waals surface area (Å²) in [5.74, 6) is 0.979. The number of nitro groups is 1. The first-order valence-corrected chi connectivity index (χ1v) is 12.9. The molecule has 1 aromatic carbocycles. The Morgan fingerprint density at radius 2 is 2.03 bits per heavy atom. The molecule has 3 aromatic heterocycles. The Morgan fingerprint density at radius 3 is 2.74 bits per heavy atom. The van der Waals surface area contributed by atoms with Crippen molar-refractivity contribution in [1.82, 2.24) is 24.5 Å². The molecular formula is C25H26BrClN9O3+. The molecule has 2 N–H and O–H groups in total. The molecule has 14 heteroatoms. The van der Waals surface area contributed by atoms with Crippen LogP contribution < -0.4 is 10.6 Å². The summed E-state index contributed by atoms with van der Waals surface area (Å²) in [6, 6.07) is 7.28. The maximum absolute atomic E-state index is 11.8. The highest BCUT2D eigenvalue weighted by molar-refractivity contribution is 9.10. The SMILES string of the molecule is Cn1cnc([N+](=O)[O-])c1C[N+](C)(C)C/C=C(/C=O)CNc1cc2c(Nc3ccc(Cl)c(Br)c3)ncnc2cn1. The van der Waals surface area contributed by atoms with E-state index in [-0.39, 0.29) is 12.4 Å². The third-order valence-corrected chi connectivity index (χ3v) is 7.18. The van der Waals surface area contributed by atoms with Gasteiger partial charge >= 0.3 is 5.82 Å². The van der Waals surface area contributed by atoms with Crippen molar-refractivity contribution in [3.8, 4) is 0 Å². The number of nitrogens with zero attached hydrogens (tertiary/aromatic N) is 7. The van der Waals surface area contributed by atoms with Gasteiger partial charge in [0.25, 0.3) is 0 Å². The molecule has 3 heterocycles. The Balaban J connectivity index is 1.46. The smallest absolute Gasteiger partial charge is 0.366 e. The Labute approximate surface area is 237 Å². The second kappa shape index (κ2) is 11.8. The lowest BCUT2D eigenvalue weighted by molar-refractivity contribution is -0.898. The van der Waals surface area contributed by atoms with Crippen LogP contribution >= 0.6 is 27.5 Å². The lowest BCUT2D eigenvalue weighted by Crippen LogP contribution is -2.39. The quantitative estimate of drug-likeness (QED) is 0.0812. The summed E-state index contributed by atoms with van der Waals surface area (Å²) < 4.78 is 2.79. The number of nitrogens with one attached hydrogen (secondary N) is 2. The van der Waals surface area contributed by atoms with Gasteiger partial charge in [0.05, 0.1) is 37.4 Å². The van der Waals surface area contributed by atoms with E-state index in [0.29, 0.717) is 51.0 Å². The molecule has 0 amide bonds. The number of carbonyl (C=O) groups excluding carboxylic acids is 1. The minimum absolute atomic E-state index is 0.158. The van der Waals surface area contributed by atoms with E-state index in [4.69, 9.17) is 11.6 Å². The highest BCUT2D eigenvalue weighted by Crippen LogP contribution is 2.29. The molecule has 0 aliphatic rings. The van der Waals surface area contributed by atoms with Gasteiger partial charge in [-0.3, -0.25) is 4.79 Å². The van der Waals surface area contributed by atoms with E-state index in [9.17, 15) is 14.9 Å². The molecule has 4 rings (SSSR count). The van der Waals surface area contributed by atoms with Gasteiger partial charge in [-0.1, -0.05) is 11.6 Å². The number of pyridine rings is 1. The van der Waals surface area contributed by atoms with Crippen LogP contribution in [0.25, 0.3) is 10.9 Å². The number of aromatic nitrogens is 5. The lowest BCUT2D eigenvalue weighted by atomic mass is 10.2. The van der Waals surface area contributed by atoms with Gasteiger partial charge in [-0.2, -0.15) is 0 Å². The predicted molar refractivity (Wildman–Crippen MR) is 153 cm³/mol. The number of quaternary nitrogens is 1. The highest BCUT2D eigenvalue weighted by Gasteiger charge is 2.27. The fourth-order valence-corrected chi connectivity index (χ4v) is 4.33. The summed E-state index contributed by atoms with van der Waals surface area (Å²) in [5.41, 5.74) is 2.49. The Bertz CT molecular complexity index is 1570. The number of imidazole rings is 1. The largest absolute Gasteiger partial charge is 0.390 e.